The molecule has 37 heavy (non-hydrogen) atoms. The van der Waals surface area contributed by atoms with Crippen molar-refractivity contribution in [2.45, 2.75) is 63.8 Å². The largest absolute Gasteiger partial charge is 0.480 e. The third-order valence-electron chi connectivity index (χ3n) is 7.69. The highest BCUT2D eigenvalue weighted by Crippen LogP contribution is 2.46. The van der Waals surface area contributed by atoms with E-state index in [0.29, 0.717) is 28.9 Å². The Morgan fingerprint density at radius 3 is 2.00 bits per heavy atom. The van der Waals surface area contributed by atoms with Crippen LogP contribution in [0.15, 0.2) is 54.6 Å². The maximum Gasteiger partial charge on any atom is 0.326 e. The zero-order chi connectivity index (χ0) is 27.0. The van der Waals surface area contributed by atoms with Gasteiger partial charge in [0.15, 0.2) is 5.78 Å². The summed E-state index contributed by atoms with van der Waals surface area (Å²) in [5.41, 5.74) is 4.37. The van der Waals surface area contributed by atoms with Gasteiger partial charge in [-0.05, 0) is 88.3 Å². The molecule has 2 N–H and O–H groups in total. The normalized spacial score (nSPS) is 16.6. The molecule has 1 amide bonds. The molecule has 0 spiro atoms. The predicted molar refractivity (Wildman–Crippen MR) is 151 cm³/mol. The van der Waals surface area contributed by atoms with E-state index >= 15 is 0 Å². The van der Waals surface area contributed by atoms with Gasteiger partial charge in [0.25, 0.3) is 5.91 Å². The Morgan fingerprint density at radius 2 is 1.38 bits per heavy atom. The lowest BCUT2D eigenvalue weighted by Gasteiger charge is -2.42. The van der Waals surface area contributed by atoms with Crippen LogP contribution in [0.5, 0.6) is 0 Å². The Bertz CT molecular complexity index is 1370. The van der Waals surface area contributed by atoms with Gasteiger partial charge in [-0.1, -0.05) is 58.0 Å². The molecule has 1 aliphatic carbocycles. The number of carbonyl (C=O) groups is 3. The number of ketones is 1. The second-order valence-electron chi connectivity index (χ2n) is 11.3. The quantitative estimate of drug-likeness (QED) is 0.340. The number of nitrogens with one attached hydrogen (secondary N) is 1. The van der Waals surface area contributed by atoms with Crippen molar-refractivity contribution in [2.75, 3.05) is 12.0 Å². The third-order valence-corrected chi connectivity index (χ3v) is 8.34. The third kappa shape index (κ3) is 5.59. The molecule has 5 nitrogen and oxygen atoms in total. The van der Waals surface area contributed by atoms with Gasteiger partial charge >= 0.3 is 5.97 Å². The zero-order valence-electron chi connectivity index (χ0n) is 22.2. The smallest absolute Gasteiger partial charge is 0.326 e. The first-order valence-electron chi connectivity index (χ1n) is 12.7. The minimum absolute atomic E-state index is 0.0243. The van der Waals surface area contributed by atoms with Crippen molar-refractivity contribution >= 4 is 40.2 Å². The van der Waals surface area contributed by atoms with E-state index in [-0.39, 0.29) is 16.6 Å². The molecule has 0 aliphatic heterocycles. The summed E-state index contributed by atoms with van der Waals surface area (Å²) in [7, 11) is 0. The Balaban J connectivity index is 1.59. The standard InChI is InChI=1S/C31H35NO4S/c1-30(2)13-14-31(3,4)25-18-22(10-11-24(25)30)27(33)21-8-6-20-17-23(9-7-19(20)16-21)28(34)32-26(29(35)36)12-15-37-5/h6-11,16-18,26H,12-15H2,1-5H3,(H,32,34)(H,35,36). The maximum absolute atomic E-state index is 13.5. The molecule has 0 fully saturated rings. The average molecular weight is 518 g/mol. The highest BCUT2D eigenvalue weighted by molar-refractivity contribution is 7.98. The van der Waals surface area contributed by atoms with Crippen LogP contribution < -0.4 is 5.32 Å². The van der Waals surface area contributed by atoms with E-state index in [4.69, 9.17) is 0 Å². The van der Waals surface area contributed by atoms with Crippen molar-refractivity contribution in [3.63, 3.8) is 0 Å². The lowest BCUT2D eigenvalue weighted by Crippen LogP contribution is -2.41. The fourth-order valence-electron chi connectivity index (χ4n) is 5.16. The summed E-state index contributed by atoms with van der Waals surface area (Å²) < 4.78 is 0. The van der Waals surface area contributed by atoms with Crippen molar-refractivity contribution < 1.29 is 19.5 Å². The number of fused-ring (bicyclic) bond motifs is 2. The molecule has 1 aliphatic rings. The first-order chi connectivity index (χ1) is 17.4. The Morgan fingerprint density at radius 1 is 0.838 bits per heavy atom. The van der Waals surface area contributed by atoms with Gasteiger partial charge in [-0.3, -0.25) is 9.59 Å². The first-order valence-corrected chi connectivity index (χ1v) is 14.1. The van der Waals surface area contributed by atoms with E-state index in [2.05, 4.69) is 45.1 Å². The van der Waals surface area contributed by atoms with E-state index in [1.807, 2.05) is 24.5 Å². The molecule has 0 aromatic heterocycles. The summed E-state index contributed by atoms with van der Waals surface area (Å²) in [4.78, 5) is 37.7. The van der Waals surface area contributed by atoms with Gasteiger partial charge in [0.05, 0.1) is 0 Å². The number of carboxylic acid groups (broad SMARTS) is 1. The number of carboxylic acids is 1. The van der Waals surface area contributed by atoms with E-state index in [1.54, 1.807) is 24.3 Å². The zero-order valence-corrected chi connectivity index (χ0v) is 23.0. The summed E-state index contributed by atoms with van der Waals surface area (Å²) in [5, 5.41) is 13.7. The number of thioether (sulfide) groups is 1. The second-order valence-corrected chi connectivity index (χ2v) is 12.3. The Labute approximate surface area is 223 Å². The highest BCUT2D eigenvalue weighted by atomic mass is 32.2. The van der Waals surface area contributed by atoms with Gasteiger partial charge < -0.3 is 10.4 Å². The maximum atomic E-state index is 13.5. The molecular weight excluding hydrogens is 482 g/mol. The number of rotatable bonds is 8. The highest BCUT2D eigenvalue weighted by Gasteiger charge is 2.37. The number of amides is 1. The van der Waals surface area contributed by atoms with Crippen LogP contribution in [0.1, 0.15) is 84.4 Å². The SMILES string of the molecule is CSCCC(NC(=O)c1ccc2cc(C(=O)c3ccc4c(c3)C(C)(C)CCC4(C)C)ccc2c1)C(=O)O. The van der Waals surface area contributed by atoms with Crippen LogP contribution in [0.3, 0.4) is 0 Å². The fraction of sp³-hybridized carbons (Fsp3) is 0.387. The lowest BCUT2D eigenvalue weighted by atomic mass is 9.63. The summed E-state index contributed by atoms with van der Waals surface area (Å²) in [6.45, 7) is 9.04. The molecule has 3 aromatic rings. The van der Waals surface area contributed by atoms with Gasteiger partial charge in [0.2, 0.25) is 0 Å². The number of benzene rings is 3. The van der Waals surface area contributed by atoms with E-state index < -0.39 is 17.9 Å². The van der Waals surface area contributed by atoms with Crippen molar-refractivity contribution in [1.82, 2.24) is 5.32 Å². The van der Waals surface area contributed by atoms with Crippen LogP contribution in [0.4, 0.5) is 0 Å². The topological polar surface area (TPSA) is 83.5 Å². The van der Waals surface area contributed by atoms with Crippen LogP contribution in [-0.4, -0.2) is 40.8 Å². The fourth-order valence-corrected chi connectivity index (χ4v) is 5.63. The van der Waals surface area contributed by atoms with Gasteiger partial charge in [0, 0.05) is 16.7 Å². The van der Waals surface area contributed by atoms with Crippen LogP contribution in [0, 0.1) is 0 Å². The van der Waals surface area contributed by atoms with Crippen LogP contribution in [0.2, 0.25) is 0 Å². The minimum Gasteiger partial charge on any atom is -0.480 e. The molecule has 0 saturated carbocycles. The molecule has 194 valence electrons. The van der Waals surface area contributed by atoms with Gasteiger partial charge in [-0.15, -0.1) is 0 Å². The molecule has 3 aromatic carbocycles. The first kappa shape index (κ1) is 26.9. The molecule has 1 atom stereocenters. The van der Waals surface area contributed by atoms with Crippen molar-refractivity contribution in [3.05, 3.63) is 82.4 Å². The van der Waals surface area contributed by atoms with E-state index in [1.165, 1.54) is 22.9 Å². The van der Waals surface area contributed by atoms with Crippen LogP contribution in [-0.2, 0) is 15.6 Å². The van der Waals surface area contributed by atoms with Gasteiger partial charge in [-0.2, -0.15) is 11.8 Å². The number of hydrogen-bond donors (Lipinski definition) is 2. The Kier molecular flexibility index (Phi) is 7.52. The van der Waals surface area contributed by atoms with E-state index in [9.17, 15) is 19.5 Å². The molecule has 0 radical (unpaired) electrons. The van der Waals surface area contributed by atoms with Crippen molar-refractivity contribution in [2.24, 2.45) is 0 Å². The summed E-state index contributed by atoms with van der Waals surface area (Å²) in [6.07, 6.45) is 4.47. The monoisotopic (exact) mass is 517 g/mol. The molecule has 0 heterocycles. The molecule has 0 bridgehead atoms. The summed E-state index contributed by atoms with van der Waals surface area (Å²) in [6, 6.07) is 15.9. The van der Waals surface area contributed by atoms with Crippen LogP contribution in [0.25, 0.3) is 10.8 Å². The lowest BCUT2D eigenvalue weighted by molar-refractivity contribution is -0.139. The predicted octanol–water partition coefficient (Wildman–Crippen LogP) is 6.36. The summed E-state index contributed by atoms with van der Waals surface area (Å²) >= 11 is 1.54. The van der Waals surface area contributed by atoms with Gasteiger partial charge in [0.1, 0.15) is 6.04 Å². The number of hydrogen-bond acceptors (Lipinski definition) is 4. The minimum atomic E-state index is -1.04. The number of carbonyl (C=O) groups excluding carboxylic acids is 2. The van der Waals surface area contributed by atoms with Crippen LogP contribution >= 0.6 is 11.8 Å². The molecular formula is C31H35NO4S. The average Bonchev–Trinajstić information content (AvgIpc) is 2.87. The number of aliphatic carboxylic acids is 1. The molecule has 4 rings (SSSR count). The Hall–Kier alpha value is -3.12. The second kappa shape index (κ2) is 10.3. The summed E-state index contributed by atoms with van der Waals surface area (Å²) in [5.74, 6) is -0.843. The van der Waals surface area contributed by atoms with Crippen molar-refractivity contribution in [3.8, 4) is 0 Å². The van der Waals surface area contributed by atoms with Crippen molar-refractivity contribution in [1.29, 1.82) is 0 Å². The molecule has 6 heteroatoms. The molecule has 0 saturated heterocycles. The van der Waals surface area contributed by atoms with E-state index in [0.717, 1.165) is 23.6 Å². The molecule has 1 unspecified atom stereocenters. The van der Waals surface area contributed by atoms with Gasteiger partial charge in [-0.25, -0.2) is 4.79 Å².